The minimum absolute atomic E-state index is 0.144. The molecule has 3 heterocycles. The van der Waals surface area contributed by atoms with Gasteiger partial charge in [0.2, 0.25) is 11.1 Å². The van der Waals surface area contributed by atoms with Crippen LogP contribution in [-0.4, -0.2) is 48.0 Å². The SMILES string of the molecule is Cn1c2ccc(Br)cc2c2nnc(SCC(=O)NC3=NN=C(c4ccc(Br)cc4)CS3)nc21. The van der Waals surface area contributed by atoms with Crippen molar-refractivity contribution in [3.05, 3.63) is 57.0 Å². The summed E-state index contributed by atoms with van der Waals surface area (Å²) in [5, 5.41) is 21.7. The van der Waals surface area contributed by atoms with Gasteiger partial charge in [0.05, 0.1) is 17.0 Å². The molecule has 0 aliphatic carbocycles. The highest BCUT2D eigenvalue weighted by molar-refractivity contribution is 9.10. The number of aromatic nitrogens is 4. The van der Waals surface area contributed by atoms with Gasteiger partial charge in [0.15, 0.2) is 10.8 Å². The average Bonchev–Trinajstić information content (AvgIpc) is 3.09. The first-order valence-corrected chi connectivity index (χ1v) is 13.3. The van der Waals surface area contributed by atoms with Gasteiger partial charge in [-0.25, -0.2) is 4.98 Å². The van der Waals surface area contributed by atoms with Crippen LogP contribution in [0.2, 0.25) is 0 Å². The predicted molar refractivity (Wildman–Crippen MR) is 141 cm³/mol. The van der Waals surface area contributed by atoms with Crippen molar-refractivity contribution in [2.45, 2.75) is 5.16 Å². The number of benzene rings is 2. The molecular weight excluding hydrogens is 590 g/mol. The van der Waals surface area contributed by atoms with E-state index in [-0.39, 0.29) is 11.7 Å². The molecule has 0 fully saturated rings. The van der Waals surface area contributed by atoms with E-state index in [4.69, 9.17) is 0 Å². The minimum Gasteiger partial charge on any atom is -0.327 e. The molecule has 0 atom stereocenters. The zero-order chi connectivity index (χ0) is 22.9. The highest BCUT2D eigenvalue weighted by atomic mass is 79.9. The van der Waals surface area contributed by atoms with Crippen molar-refractivity contribution in [2.24, 2.45) is 17.3 Å². The third kappa shape index (κ3) is 4.84. The molecule has 33 heavy (non-hydrogen) atoms. The fraction of sp³-hybridized carbons (Fsp3) is 0.143. The Hall–Kier alpha value is -2.28. The van der Waals surface area contributed by atoms with Crippen LogP contribution in [-0.2, 0) is 11.8 Å². The monoisotopic (exact) mass is 603 g/mol. The number of hydrogen-bond acceptors (Lipinski definition) is 8. The number of carbonyl (C=O) groups is 1. The van der Waals surface area contributed by atoms with Crippen molar-refractivity contribution in [3.63, 3.8) is 0 Å². The Morgan fingerprint density at radius 2 is 1.91 bits per heavy atom. The smallest absolute Gasteiger partial charge is 0.236 e. The third-order valence-electron chi connectivity index (χ3n) is 4.90. The molecule has 1 amide bonds. The molecule has 12 heteroatoms. The van der Waals surface area contributed by atoms with Gasteiger partial charge in [0.25, 0.3) is 0 Å². The van der Waals surface area contributed by atoms with Gasteiger partial charge < -0.3 is 9.88 Å². The highest BCUT2D eigenvalue weighted by Crippen LogP contribution is 2.28. The normalized spacial score (nSPS) is 13.8. The Kier molecular flexibility index (Phi) is 6.50. The van der Waals surface area contributed by atoms with Crippen LogP contribution in [0.25, 0.3) is 22.1 Å². The second kappa shape index (κ2) is 9.53. The summed E-state index contributed by atoms with van der Waals surface area (Å²) in [6, 6.07) is 13.9. The number of nitrogens with zero attached hydrogens (tertiary/aromatic N) is 6. The van der Waals surface area contributed by atoms with E-state index in [1.54, 1.807) is 0 Å². The number of carbonyl (C=O) groups excluding carboxylic acids is 1. The molecule has 0 radical (unpaired) electrons. The Balaban J connectivity index is 1.24. The highest BCUT2D eigenvalue weighted by Gasteiger charge is 2.17. The summed E-state index contributed by atoms with van der Waals surface area (Å²) in [4.78, 5) is 17.0. The number of amides is 1. The van der Waals surface area contributed by atoms with E-state index in [1.165, 1.54) is 23.5 Å². The number of hydrogen-bond donors (Lipinski definition) is 1. The van der Waals surface area contributed by atoms with Gasteiger partial charge in [-0.15, -0.1) is 15.3 Å². The molecule has 0 saturated heterocycles. The maximum atomic E-state index is 12.4. The van der Waals surface area contributed by atoms with Gasteiger partial charge in [0, 0.05) is 27.1 Å². The molecule has 0 spiro atoms. The molecule has 1 aliphatic rings. The van der Waals surface area contributed by atoms with Crippen molar-refractivity contribution in [2.75, 3.05) is 11.5 Å². The van der Waals surface area contributed by atoms with Gasteiger partial charge in [-0.2, -0.15) is 5.10 Å². The van der Waals surface area contributed by atoms with E-state index in [0.717, 1.165) is 42.3 Å². The second-order valence-electron chi connectivity index (χ2n) is 7.07. The van der Waals surface area contributed by atoms with Crippen molar-refractivity contribution in [3.8, 4) is 0 Å². The van der Waals surface area contributed by atoms with Gasteiger partial charge >= 0.3 is 0 Å². The first-order valence-electron chi connectivity index (χ1n) is 9.72. The molecule has 0 bridgehead atoms. The fourth-order valence-electron chi connectivity index (χ4n) is 3.31. The maximum Gasteiger partial charge on any atom is 0.236 e. The van der Waals surface area contributed by atoms with Gasteiger partial charge in [-0.1, -0.05) is 67.5 Å². The molecule has 0 saturated carbocycles. The summed E-state index contributed by atoms with van der Waals surface area (Å²) >= 11 is 9.59. The standard InChI is InChI=1S/C21H15Br2N7OS2/c1-30-16-7-6-13(23)8-14(16)18-19(30)25-21(29-27-18)33-10-17(31)24-20-28-26-15(9-32-20)11-2-4-12(22)5-3-11/h2-8H,9-10H2,1H3,(H,24,28,31). The van der Waals surface area contributed by atoms with Crippen LogP contribution in [0.5, 0.6) is 0 Å². The lowest BCUT2D eigenvalue weighted by Crippen LogP contribution is -2.31. The van der Waals surface area contributed by atoms with Gasteiger partial charge in [-0.05, 0) is 35.9 Å². The van der Waals surface area contributed by atoms with E-state index in [0.29, 0.717) is 16.1 Å². The number of fused-ring (bicyclic) bond motifs is 3. The quantitative estimate of drug-likeness (QED) is 0.337. The molecule has 4 aromatic rings. The Morgan fingerprint density at radius 3 is 2.67 bits per heavy atom. The third-order valence-corrected chi connectivity index (χ3v) is 7.64. The predicted octanol–water partition coefficient (Wildman–Crippen LogP) is 4.76. The Morgan fingerprint density at radius 1 is 1.12 bits per heavy atom. The molecule has 2 aromatic carbocycles. The molecular formula is C21H15Br2N7OS2. The number of rotatable bonds is 4. The fourth-order valence-corrected chi connectivity index (χ4v) is 5.30. The van der Waals surface area contributed by atoms with Crippen LogP contribution in [0.1, 0.15) is 5.56 Å². The molecule has 166 valence electrons. The molecule has 0 unspecified atom stereocenters. The molecule has 5 rings (SSSR count). The van der Waals surface area contributed by atoms with E-state index >= 15 is 0 Å². The lowest BCUT2D eigenvalue weighted by atomic mass is 10.1. The average molecular weight is 605 g/mol. The number of aryl methyl sites for hydroxylation is 1. The molecule has 1 N–H and O–H groups in total. The van der Waals surface area contributed by atoms with E-state index < -0.39 is 0 Å². The van der Waals surface area contributed by atoms with E-state index in [2.05, 4.69) is 62.6 Å². The van der Waals surface area contributed by atoms with E-state index in [1.807, 2.05) is 54.1 Å². The lowest BCUT2D eigenvalue weighted by molar-refractivity contribution is -0.117. The first kappa shape index (κ1) is 22.5. The zero-order valence-electron chi connectivity index (χ0n) is 17.1. The first-order chi connectivity index (χ1) is 16.0. The van der Waals surface area contributed by atoms with E-state index in [9.17, 15) is 4.79 Å². The van der Waals surface area contributed by atoms with Crippen LogP contribution in [0.15, 0.2) is 66.8 Å². The molecule has 8 nitrogen and oxygen atoms in total. The number of thioether (sulfide) groups is 2. The largest absolute Gasteiger partial charge is 0.327 e. The molecule has 1 aliphatic heterocycles. The lowest BCUT2D eigenvalue weighted by Gasteiger charge is -2.12. The van der Waals surface area contributed by atoms with Crippen molar-refractivity contribution < 1.29 is 4.79 Å². The van der Waals surface area contributed by atoms with Crippen molar-refractivity contribution in [1.82, 2.24) is 25.1 Å². The van der Waals surface area contributed by atoms with Crippen molar-refractivity contribution >= 4 is 94.2 Å². The number of amidine groups is 1. The number of halogens is 2. The van der Waals surface area contributed by atoms with Crippen LogP contribution >= 0.6 is 55.4 Å². The maximum absolute atomic E-state index is 12.4. The summed E-state index contributed by atoms with van der Waals surface area (Å²) in [5.74, 6) is 0.582. The second-order valence-corrected chi connectivity index (χ2v) is 10.8. The minimum atomic E-state index is -0.196. The molecule has 2 aromatic heterocycles. The van der Waals surface area contributed by atoms with Gasteiger partial charge in [0.1, 0.15) is 5.52 Å². The number of nitrogens with one attached hydrogen (secondary N) is 1. The summed E-state index contributed by atoms with van der Waals surface area (Å²) in [5.41, 5.74) is 4.36. The van der Waals surface area contributed by atoms with Crippen LogP contribution < -0.4 is 5.32 Å². The van der Waals surface area contributed by atoms with Crippen LogP contribution in [0.4, 0.5) is 0 Å². The summed E-state index contributed by atoms with van der Waals surface area (Å²) < 4.78 is 3.96. The summed E-state index contributed by atoms with van der Waals surface area (Å²) in [6.07, 6.45) is 0. The topological polar surface area (TPSA) is 97.4 Å². The van der Waals surface area contributed by atoms with Crippen LogP contribution in [0, 0.1) is 0 Å². The Bertz CT molecular complexity index is 1450. The summed E-state index contributed by atoms with van der Waals surface area (Å²) in [7, 11) is 1.94. The van der Waals surface area contributed by atoms with Crippen LogP contribution in [0.3, 0.4) is 0 Å². The Labute approximate surface area is 214 Å². The zero-order valence-corrected chi connectivity index (χ0v) is 21.9. The van der Waals surface area contributed by atoms with Crippen molar-refractivity contribution in [1.29, 1.82) is 0 Å². The van der Waals surface area contributed by atoms with Gasteiger partial charge in [-0.3, -0.25) is 4.79 Å². The summed E-state index contributed by atoms with van der Waals surface area (Å²) in [6.45, 7) is 0.